The lowest BCUT2D eigenvalue weighted by Gasteiger charge is -2.07. The van der Waals surface area contributed by atoms with Crippen LogP contribution in [0.1, 0.15) is 30.8 Å². The van der Waals surface area contributed by atoms with Crippen LogP contribution in [0, 0.1) is 0 Å². The molecule has 0 fully saturated rings. The van der Waals surface area contributed by atoms with Crippen molar-refractivity contribution in [2.45, 2.75) is 33.2 Å². The van der Waals surface area contributed by atoms with Gasteiger partial charge in [0.2, 0.25) is 0 Å². The molecule has 1 aromatic heterocycles. The van der Waals surface area contributed by atoms with Crippen molar-refractivity contribution in [3.8, 4) is 5.75 Å². The fourth-order valence-electron chi connectivity index (χ4n) is 2.01. The van der Waals surface area contributed by atoms with Crippen molar-refractivity contribution in [1.29, 1.82) is 0 Å². The molecular weight excluding hydrogens is 224 g/mol. The first-order chi connectivity index (χ1) is 8.76. The number of nitrogens with zero attached hydrogens (tertiary/aromatic N) is 2. The molecule has 2 rings (SSSR count). The number of methoxy groups -OCH3 is 1. The minimum Gasteiger partial charge on any atom is -0.497 e. The average Bonchev–Trinajstić information content (AvgIpc) is 2.82. The van der Waals surface area contributed by atoms with Gasteiger partial charge in [0.15, 0.2) is 0 Å². The van der Waals surface area contributed by atoms with Crippen molar-refractivity contribution < 1.29 is 4.74 Å². The maximum Gasteiger partial charge on any atom is 0.118 e. The van der Waals surface area contributed by atoms with Crippen LogP contribution in [0.5, 0.6) is 5.75 Å². The van der Waals surface area contributed by atoms with Gasteiger partial charge < -0.3 is 4.74 Å². The lowest BCUT2D eigenvalue weighted by molar-refractivity contribution is 0.414. The first kappa shape index (κ1) is 12.7. The molecule has 0 aliphatic heterocycles. The van der Waals surface area contributed by atoms with E-state index < -0.39 is 0 Å². The molecule has 0 N–H and O–H groups in total. The minimum atomic E-state index is 0.827. The van der Waals surface area contributed by atoms with E-state index in [0.717, 1.165) is 25.1 Å². The van der Waals surface area contributed by atoms with E-state index in [1.165, 1.54) is 17.0 Å². The van der Waals surface area contributed by atoms with E-state index in [9.17, 15) is 0 Å². The molecule has 3 heteroatoms. The Morgan fingerprint density at radius 3 is 2.39 bits per heavy atom. The third kappa shape index (κ3) is 2.73. The molecule has 0 aliphatic carbocycles. The van der Waals surface area contributed by atoms with Crippen LogP contribution in [0.25, 0.3) is 0 Å². The zero-order valence-corrected chi connectivity index (χ0v) is 11.3. The Bertz CT molecular complexity index is 500. The lowest BCUT2D eigenvalue weighted by atomic mass is 10.2. The molecule has 0 unspecified atom stereocenters. The van der Waals surface area contributed by atoms with Gasteiger partial charge in [-0.3, -0.25) is 4.68 Å². The molecule has 96 valence electrons. The van der Waals surface area contributed by atoms with Crippen molar-refractivity contribution in [1.82, 2.24) is 9.78 Å². The van der Waals surface area contributed by atoms with Crippen LogP contribution < -0.4 is 4.74 Å². The molecule has 0 spiro atoms. The number of rotatable bonds is 5. The van der Waals surface area contributed by atoms with Crippen LogP contribution in [-0.2, 0) is 19.4 Å². The lowest BCUT2D eigenvalue weighted by Crippen LogP contribution is -2.05. The second-order valence-electron chi connectivity index (χ2n) is 4.34. The van der Waals surface area contributed by atoms with Crippen LogP contribution in [0.4, 0.5) is 0 Å². The summed E-state index contributed by atoms with van der Waals surface area (Å²) < 4.78 is 7.26. The zero-order valence-electron chi connectivity index (χ0n) is 11.3. The van der Waals surface area contributed by atoms with E-state index in [1.54, 1.807) is 7.11 Å². The van der Waals surface area contributed by atoms with Gasteiger partial charge in [-0.15, -0.1) is 0 Å². The van der Waals surface area contributed by atoms with Crippen LogP contribution in [-0.4, -0.2) is 16.9 Å². The quantitative estimate of drug-likeness (QED) is 0.808. The van der Waals surface area contributed by atoms with E-state index >= 15 is 0 Å². The zero-order chi connectivity index (χ0) is 13.0. The van der Waals surface area contributed by atoms with Gasteiger partial charge in [-0.25, -0.2) is 0 Å². The molecule has 0 amide bonds. The Morgan fingerprint density at radius 2 is 1.83 bits per heavy atom. The molecule has 1 heterocycles. The number of aryl methyl sites for hydroxylation is 2. The minimum absolute atomic E-state index is 0.827. The van der Waals surface area contributed by atoms with Crippen molar-refractivity contribution in [2.24, 2.45) is 0 Å². The Labute approximate surface area is 108 Å². The second kappa shape index (κ2) is 5.71. The monoisotopic (exact) mass is 244 g/mol. The first-order valence-electron chi connectivity index (χ1n) is 6.45. The Kier molecular flexibility index (Phi) is 4.03. The molecule has 2 aromatic rings. The highest BCUT2D eigenvalue weighted by Gasteiger charge is 2.05. The van der Waals surface area contributed by atoms with E-state index in [1.807, 2.05) is 12.1 Å². The second-order valence-corrected chi connectivity index (χ2v) is 4.34. The third-order valence-electron chi connectivity index (χ3n) is 3.13. The third-order valence-corrected chi connectivity index (χ3v) is 3.13. The molecule has 1 aromatic carbocycles. The van der Waals surface area contributed by atoms with E-state index in [4.69, 9.17) is 4.74 Å². The Morgan fingerprint density at radius 1 is 1.11 bits per heavy atom. The smallest absolute Gasteiger partial charge is 0.118 e. The summed E-state index contributed by atoms with van der Waals surface area (Å²) >= 11 is 0. The van der Waals surface area contributed by atoms with Crippen LogP contribution >= 0.6 is 0 Å². The Hall–Kier alpha value is -1.77. The van der Waals surface area contributed by atoms with Gasteiger partial charge in [0.1, 0.15) is 5.75 Å². The topological polar surface area (TPSA) is 27.1 Å². The highest BCUT2D eigenvalue weighted by molar-refractivity contribution is 5.27. The van der Waals surface area contributed by atoms with E-state index in [0.29, 0.717) is 0 Å². The molecule has 18 heavy (non-hydrogen) atoms. The predicted molar refractivity (Wildman–Crippen MR) is 73.1 cm³/mol. The van der Waals surface area contributed by atoms with Gasteiger partial charge in [0.25, 0.3) is 0 Å². The van der Waals surface area contributed by atoms with Crippen LogP contribution in [0.3, 0.4) is 0 Å². The van der Waals surface area contributed by atoms with Crippen molar-refractivity contribution in [2.75, 3.05) is 7.11 Å². The summed E-state index contributed by atoms with van der Waals surface area (Å²) in [6.07, 6.45) is 2.01. The number of benzene rings is 1. The fraction of sp³-hybridized carbons (Fsp3) is 0.400. The molecule has 0 aliphatic rings. The molecule has 0 atom stereocenters. The van der Waals surface area contributed by atoms with Gasteiger partial charge in [-0.05, 0) is 36.6 Å². The predicted octanol–water partition coefficient (Wildman–Crippen LogP) is 3.06. The molecular formula is C15H20N2O. The van der Waals surface area contributed by atoms with Crippen molar-refractivity contribution in [3.05, 3.63) is 47.3 Å². The Balaban J connectivity index is 2.18. The average molecular weight is 244 g/mol. The van der Waals surface area contributed by atoms with Crippen molar-refractivity contribution in [3.63, 3.8) is 0 Å². The molecule has 0 saturated heterocycles. The summed E-state index contributed by atoms with van der Waals surface area (Å²) in [7, 11) is 1.69. The largest absolute Gasteiger partial charge is 0.497 e. The summed E-state index contributed by atoms with van der Waals surface area (Å²) in [5.74, 6) is 0.893. The number of ether oxygens (including phenoxy) is 1. The maximum absolute atomic E-state index is 5.16. The highest BCUT2D eigenvalue weighted by Crippen LogP contribution is 2.14. The normalized spacial score (nSPS) is 10.6. The summed E-state index contributed by atoms with van der Waals surface area (Å²) in [5.41, 5.74) is 3.71. The molecule has 0 bridgehead atoms. The standard InChI is InChI=1S/C15H20N2O/c1-4-13-10-14(5-2)17(16-13)11-12-6-8-15(18-3)9-7-12/h6-10H,4-5,11H2,1-3H3. The summed E-state index contributed by atoms with van der Waals surface area (Å²) in [4.78, 5) is 0. The highest BCUT2D eigenvalue weighted by atomic mass is 16.5. The van der Waals surface area contributed by atoms with Crippen molar-refractivity contribution >= 4 is 0 Å². The first-order valence-corrected chi connectivity index (χ1v) is 6.45. The number of hydrogen-bond donors (Lipinski definition) is 0. The van der Waals surface area contributed by atoms with E-state index in [-0.39, 0.29) is 0 Å². The van der Waals surface area contributed by atoms with E-state index in [2.05, 4.69) is 41.8 Å². The van der Waals surface area contributed by atoms with Gasteiger partial charge >= 0.3 is 0 Å². The SMILES string of the molecule is CCc1cc(CC)n(Cc2ccc(OC)cc2)n1. The number of aromatic nitrogens is 2. The van der Waals surface area contributed by atoms with Gasteiger partial charge in [-0.2, -0.15) is 5.10 Å². The fourth-order valence-corrected chi connectivity index (χ4v) is 2.01. The van der Waals surface area contributed by atoms with Crippen LogP contribution in [0.2, 0.25) is 0 Å². The molecule has 0 radical (unpaired) electrons. The maximum atomic E-state index is 5.16. The molecule has 0 saturated carbocycles. The number of hydrogen-bond acceptors (Lipinski definition) is 2. The van der Waals surface area contributed by atoms with Gasteiger partial charge in [0, 0.05) is 5.69 Å². The van der Waals surface area contributed by atoms with Gasteiger partial charge in [0.05, 0.1) is 19.3 Å². The summed E-state index contributed by atoms with van der Waals surface area (Å²) in [6.45, 7) is 5.13. The van der Waals surface area contributed by atoms with Gasteiger partial charge in [-0.1, -0.05) is 26.0 Å². The summed E-state index contributed by atoms with van der Waals surface area (Å²) in [6, 6.07) is 10.4. The summed E-state index contributed by atoms with van der Waals surface area (Å²) in [5, 5.41) is 4.62. The van der Waals surface area contributed by atoms with Crippen LogP contribution in [0.15, 0.2) is 30.3 Å². The molecule has 3 nitrogen and oxygen atoms in total.